The summed E-state index contributed by atoms with van der Waals surface area (Å²) in [5, 5.41) is 0.304. The molecule has 0 atom stereocenters. The fourth-order valence-corrected chi connectivity index (χ4v) is 2.05. The fourth-order valence-electron chi connectivity index (χ4n) is 1.38. The van der Waals surface area contributed by atoms with Crippen LogP contribution in [0.3, 0.4) is 0 Å². The standard InChI is InChI=1S/C10H8BrClN2O2/c1-2-16-9(15)5-3-4-6-8(7(5)12)14-10(11)13-6/h3-4H,2H2,1H3,(H,13,14). The highest BCUT2D eigenvalue weighted by molar-refractivity contribution is 9.10. The summed E-state index contributed by atoms with van der Waals surface area (Å²) >= 11 is 9.29. The van der Waals surface area contributed by atoms with Gasteiger partial charge in [0.15, 0.2) is 4.73 Å². The molecule has 0 aliphatic carbocycles. The SMILES string of the molecule is CCOC(=O)c1ccc2[nH]c(Br)nc2c1Cl. The third-order valence-corrected chi connectivity index (χ3v) is 2.82. The van der Waals surface area contributed by atoms with E-state index in [0.29, 0.717) is 27.4 Å². The highest BCUT2D eigenvalue weighted by Crippen LogP contribution is 2.27. The summed E-state index contributed by atoms with van der Waals surface area (Å²) in [5.74, 6) is -0.437. The minimum atomic E-state index is -0.437. The number of halogens is 2. The number of aromatic amines is 1. The number of carbonyl (C=O) groups is 1. The number of nitrogens with one attached hydrogen (secondary N) is 1. The lowest BCUT2D eigenvalue weighted by molar-refractivity contribution is 0.0527. The van der Waals surface area contributed by atoms with E-state index in [1.807, 2.05) is 0 Å². The van der Waals surface area contributed by atoms with Crippen molar-refractivity contribution in [3.8, 4) is 0 Å². The van der Waals surface area contributed by atoms with E-state index in [-0.39, 0.29) is 0 Å². The van der Waals surface area contributed by atoms with Crippen LogP contribution in [0, 0.1) is 0 Å². The Morgan fingerprint density at radius 1 is 1.62 bits per heavy atom. The number of carbonyl (C=O) groups excluding carboxylic acids is 1. The fraction of sp³-hybridized carbons (Fsp3) is 0.200. The maximum atomic E-state index is 11.6. The van der Waals surface area contributed by atoms with Crippen molar-refractivity contribution in [1.29, 1.82) is 0 Å². The molecular weight excluding hydrogens is 295 g/mol. The van der Waals surface area contributed by atoms with Gasteiger partial charge in [-0.3, -0.25) is 0 Å². The Hall–Kier alpha value is -1.07. The Balaban J connectivity index is 2.55. The van der Waals surface area contributed by atoms with Crippen molar-refractivity contribution < 1.29 is 9.53 Å². The normalized spacial score (nSPS) is 10.7. The average molecular weight is 304 g/mol. The predicted octanol–water partition coefficient (Wildman–Crippen LogP) is 3.16. The van der Waals surface area contributed by atoms with Crippen molar-refractivity contribution in [3.63, 3.8) is 0 Å². The summed E-state index contributed by atoms with van der Waals surface area (Å²) in [6.07, 6.45) is 0. The summed E-state index contributed by atoms with van der Waals surface area (Å²) < 4.78 is 5.47. The van der Waals surface area contributed by atoms with Crippen molar-refractivity contribution in [2.45, 2.75) is 6.92 Å². The van der Waals surface area contributed by atoms with Crippen molar-refractivity contribution in [2.24, 2.45) is 0 Å². The van der Waals surface area contributed by atoms with Crippen molar-refractivity contribution in [2.75, 3.05) is 6.61 Å². The molecule has 0 aliphatic heterocycles. The molecule has 2 aromatic rings. The van der Waals surface area contributed by atoms with Gasteiger partial charge < -0.3 is 9.72 Å². The molecule has 0 radical (unpaired) electrons. The van der Waals surface area contributed by atoms with Crippen molar-refractivity contribution >= 4 is 44.5 Å². The lowest BCUT2D eigenvalue weighted by atomic mass is 10.2. The highest BCUT2D eigenvalue weighted by Gasteiger charge is 2.15. The molecule has 6 heteroatoms. The Kier molecular flexibility index (Phi) is 3.16. The molecule has 0 bridgehead atoms. The van der Waals surface area contributed by atoms with Gasteiger partial charge >= 0.3 is 5.97 Å². The molecule has 0 aliphatic rings. The molecule has 1 aromatic heterocycles. The van der Waals surface area contributed by atoms with E-state index in [1.165, 1.54) is 0 Å². The maximum Gasteiger partial charge on any atom is 0.339 e. The number of fused-ring (bicyclic) bond motifs is 1. The summed E-state index contributed by atoms with van der Waals surface area (Å²) in [7, 11) is 0. The van der Waals surface area contributed by atoms with Gasteiger partial charge in [0.25, 0.3) is 0 Å². The summed E-state index contributed by atoms with van der Waals surface area (Å²) in [6.45, 7) is 2.06. The minimum Gasteiger partial charge on any atom is -0.462 e. The van der Waals surface area contributed by atoms with Gasteiger partial charge in [0.2, 0.25) is 0 Å². The minimum absolute atomic E-state index is 0.304. The van der Waals surface area contributed by atoms with Crippen molar-refractivity contribution in [1.82, 2.24) is 9.97 Å². The molecule has 0 unspecified atom stereocenters. The number of benzene rings is 1. The van der Waals surface area contributed by atoms with E-state index in [4.69, 9.17) is 16.3 Å². The largest absolute Gasteiger partial charge is 0.462 e. The number of nitrogens with zero attached hydrogens (tertiary/aromatic N) is 1. The van der Waals surface area contributed by atoms with Crippen LogP contribution < -0.4 is 0 Å². The zero-order valence-corrected chi connectivity index (χ0v) is 10.7. The van der Waals surface area contributed by atoms with Gasteiger partial charge in [0.1, 0.15) is 5.52 Å². The van der Waals surface area contributed by atoms with E-state index >= 15 is 0 Å². The average Bonchev–Trinajstić information content (AvgIpc) is 2.60. The van der Waals surface area contributed by atoms with Gasteiger partial charge in [-0.15, -0.1) is 0 Å². The van der Waals surface area contributed by atoms with Crippen LogP contribution in [0.4, 0.5) is 0 Å². The van der Waals surface area contributed by atoms with Crippen LogP contribution in [0.5, 0.6) is 0 Å². The Morgan fingerprint density at radius 2 is 2.38 bits per heavy atom. The van der Waals surface area contributed by atoms with Gasteiger partial charge in [0, 0.05) is 0 Å². The van der Waals surface area contributed by atoms with Crippen LogP contribution in [0.2, 0.25) is 5.02 Å². The molecule has 4 nitrogen and oxygen atoms in total. The Bertz CT molecular complexity index is 553. The number of aromatic nitrogens is 2. The second-order valence-electron chi connectivity index (χ2n) is 3.07. The molecule has 16 heavy (non-hydrogen) atoms. The van der Waals surface area contributed by atoms with Crippen LogP contribution in [0.15, 0.2) is 16.9 Å². The van der Waals surface area contributed by atoms with Crippen LogP contribution in [0.25, 0.3) is 11.0 Å². The number of ether oxygens (including phenoxy) is 1. The lowest BCUT2D eigenvalue weighted by Gasteiger charge is -2.03. The first kappa shape index (κ1) is 11.4. The predicted molar refractivity (Wildman–Crippen MR) is 64.8 cm³/mol. The third-order valence-electron chi connectivity index (χ3n) is 2.06. The van der Waals surface area contributed by atoms with E-state index in [2.05, 4.69) is 25.9 Å². The number of hydrogen-bond donors (Lipinski definition) is 1. The zero-order valence-electron chi connectivity index (χ0n) is 8.38. The smallest absolute Gasteiger partial charge is 0.339 e. The second kappa shape index (κ2) is 4.43. The van der Waals surface area contributed by atoms with E-state index < -0.39 is 5.97 Å². The summed E-state index contributed by atoms with van der Waals surface area (Å²) in [5.41, 5.74) is 1.65. The molecule has 0 saturated heterocycles. The lowest BCUT2D eigenvalue weighted by Crippen LogP contribution is -2.05. The molecule has 84 valence electrons. The summed E-state index contributed by atoms with van der Waals surface area (Å²) in [6, 6.07) is 3.36. The first-order chi connectivity index (χ1) is 7.63. The topological polar surface area (TPSA) is 55.0 Å². The molecule has 0 spiro atoms. The second-order valence-corrected chi connectivity index (χ2v) is 4.20. The van der Waals surface area contributed by atoms with E-state index in [0.717, 1.165) is 5.52 Å². The highest BCUT2D eigenvalue weighted by atomic mass is 79.9. The number of rotatable bonds is 2. The number of imidazole rings is 1. The molecule has 0 saturated carbocycles. The number of H-pyrrole nitrogens is 1. The Labute approximate surface area is 105 Å². The van der Waals surface area contributed by atoms with Crippen molar-refractivity contribution in [3.05, 3.63) is 27.5 Å². The molecule has 1 N–H and O–H groups in total. The number of esters is 1. The summed E-state index contributed by atoms with van der Waals surface area (Å²) in [4.78, 5) is 18.7. The van der Waals surface area contributed by atoms with Gasteiger partial charge in [-0.1, -0.05) is 11.6 Å². The molecule has 0 fully saturated rings. The first-order valence-electron chi connectivity index (χ1n) is 4.64. The van der Waals surface area contributed by atoms with Gasteiger partial charge in [-0.05, 0) is 35.0 Å². The first-order valence-corrected chi connectivity index (χ1v) is 5.81. The monoisotopic (exact) mass is 302 g/mol. The van der Waals surface area contributed by atoms with Crippen LogP contribution in [0.1, 0.15) is 17.3 Å². The van der Waals surface area contributed by atoms with Gasteiger partial charge in [0.05, 0.1) is 22.7 Å². The molecule has 0 amide bonds. The molecule has 1 aromatic carbocycles. The van der Waals surface area contributed by atoms with Gasteiger partial charge in [-0.2, -0.15) is 0 Å². The van der Waals surface area contributed by atoms with Crippen LogP contribution >= 0.6 is 27.5 Å². The van der Waals surface area contributed by atoms with Gasteiger partial charge in [-0.25, -0.2) is 9.78 Å². The molecule has 2 rings (SSSR count). The third kappa shape index (κ3) is 1.92. The number of hydrogen-bond acceptors (Lipinski definition) is 3. The molecular formula is C10H8BrClN2O2. The Morgan fingerprint density at radius 3 is 3.06 bits per heavy atom. The van der Waals surface area contributed by atoms with Crippen LogP contribution in [-0.2, 0) is 4.74 Å². The van der Waals surface area contributed by atoms with E-state index in [1.54, 1.807) is 19.1 Å². The zero-order chi connectivity index (χ0) is 11.7. The maximum absolute atomic E-state index is 11.6. The molecule has 1 heterocycles. The quantitative estimate of drug-likeness (QED) is 0.867. The van der Waals surface area contributed by atoms with Crippen LogP contribution in [-0.4, -0.2) is 22.5 Å². The van der Waals surface area contributed by atoms with E-state index in [9.17, 15) is 4.79 Å².